The zero-order chi connectivity index (χ0) is 12.3. The Morgan fingerprint density at radius 1 is 1.35 bits per heavy atom. The molecule has 0 saturated carbocycles. The summed E-state index contributed by atoms with van der Waals surface area (Å²) in [6.07, 6.45) is 2.86. The molecule has 2 aromatic rings. The monoisotopic (exact) mass is 312 g/mol. The first-order valence-electron chi connectivity index (χ1n) is 4.57. The summed E-state index contributed by atoms with van der Waals surface area (Å²) >= 11 is 9.09. The van der Waals surface area contributed by atoms with Gasteiger partial charge in [-0.3, -0.25) is 10.1 Å². The van der Waals surface area contributed by atoms with Crippen LogP contribution in [0.4, 0.5) is 5.95 Å². The maximum Gasteiger partial charge on any atom is 0.259 e. The van der Waals surface area contributed by atoms with Crippen molar-refractivity contribution in [3.8, 4) is 0 Å². The topological polar surface area (TPSA) is 67.8 Å². The van der Waals surface area contributed by atoms with Gasteiger partial charge in [-0.25, -0.2) is 4.98 Å². The number of benzene rings is 1. The molecule has 0 radical (unpaired) electrons. The van der Waals surface area contributed by atoms with Crippen LogP contribution in [0.3, 0.4) is 0 Å². The molecule has 0 spiro atoms. The SMILES string of the molecule is O=C(Nc1nccnn1)c1cc(Cl)ccc1Br. The fourth-order valence-electron chi connectivity index (χ4n) is 1.15. The zero-order valence-electron chi connectivity index (χ0n) is 8.39. The maximum absolute atomic E-state index is 11.9. The van der Waals surface area contributed by atoms with Crippen molar-refractivity contribution in [2.45, 2.75) is 0 Å². The van der Waals surface area contributed by atoms with Crippen molar-refractivity contribution in [1.82, 2.24) is 15.2 Å². The van der Waals surface area contributed by atoms with Crippen LogP contribution in [0, 0.1) is 0 Å². The Morgan fingerprint density at radius 2 is 2.18 bits per heavy atom. The summed E-state index contributed by atoms with van der Waals surface area (Å²) < 4.78 is 0.642. The number of anilines is 1. The van der Waals surface area contributed by atoms with Gasteiger partial charge in [-0.15, -0.1) is 5.10 Å². The molecule has 17 heavy (non-hydrogen) atoms. The molecule has 1 heterocycles. The molecule has 1 aromatic heterocycles. The largest absolute Gasteiger partial charge is 0.289 e. The van der Waals surface area contributed by atoms with Crippen molar-refractivity contribution in [1.29, 1.82) is 0 Å². The lowest BCUT2D eigenvalue weighted by Gasteiger charge is -2.05. The van der Waals surface area contributed by atoms with Crippen LogP contribution in [0.2, 0.25) is 5.02 Å². The number of amides is 1. The molecule has 0 aliphatic carbocycles. The lowest BCUT2D eigenvalue weighted by atomic mass is 10.2. The summed E-state index contributed by atoms with van der Waals surface area (Å²) in [5.41, 5.74) is 0.407. The van der Waals surface area contributed by atoms with E-state index in [2.05, 4.69) is 36.4 Å². The molecule has 0 atom stereocenters. The van der Waals surface area contributed by atoms with E-state index in [1.807, 2.05) is 0 Å². The van der Waals surface area contributed by atoms with Gasteiger partial charge in [0.15, 0.2) is 0 Å². The number of carbonyl (C=O) groups is 1. The number of carbonyl (C=O) groups excluding carboxylic acids is 1. The van der Waals surface area contributed by atoms with Crippen LogP contribution < -0.4 is 5.32 Å². The average molecular weight is 314 g/mol. The highest BCUT2D eigenvalue weighted by molar-refractivity contribution is 9.10. The van der Waals surface area contributed by atoms with E-state index in [9.17, 15) is 4.79 Å². The van der Waals surface area contributed by atoms with Crippen LogP contribution in [0.15, 0.2) is 35.1 Å². The van der Waals surface area contributed by atoms with Gasteiger partial charge in [0.2, 0.25) is 5.95 Å². The Labute approximate surface area is 110 Å². The number of nitrogens with one attached hydrogen (secondary N) is 1. The molecule has 7 heteroatoms. The van der Waals surface area contributed by atoms with Crippen LogP contribution in [0.5, 0.6) is 0 Å². The van der Waals surface area contributed by atoms with E-state index < -0.39 is 0 Å². The van der Waals surface area contributed by atoms with Gasteiger partial charge in [0.1, 0.15) is 0 Å². The van der Waals surface area contributed by atoms with E-state index in [1.165, 1.54) is 12.4 Å². The predicted octanol–water partition coefficient (Wildman–Crippen LogP) is 2.54. The molecular formula is C10H6BrClN4O. The van der Waals surface area contributed by atoms with Gasteiger partial charge >= 0.3 is 0 Å². The maximum atomic E-state index is 11.9. The van der Waals surface area contributed by atoms with E-state index in [4.69, 9.17) is 11.6 Å². The van der Waals surface area contributed by atoms with Crippen molar-refractivity contribution in [3.63, 3.8) is 0 Å². The van der Waals surface area contributed by atoms with Crippen molar-refractivity contribution < 1.29 is 4.79 Å². The van der Waals surface area contributed by atoms with Crippen LogP contribution in [0.1, 0.15) is 10.4 Å². The minimum Gasteiger partial charge on any atom is -0.289 e. The first kappa shape index (κ1) is 11.9. The third-order valence-corrected chi connectivity index (χ3v) is 2.81. The third-order valence-electron chi connectivity index (χ3n) is 1.88. The summed E-state index contributed by atoms with van der Waals surface area (Å²) in [6, 6.07) is 4.93. The normalized spacial score (nSPS) is 10.0. The minimum absolute atomic E-state index is 0.143. The second kappa shape index (κ2) is 5.20. The summed E-state index contributed by atoms with van der Waals surface area (Å²) in [5.74, 6) is -0.211. The molecule has 0 saturated heterocycles. The highest BCUT2D eigenvalue weighted by Crippen LogP contribution is 2.21. The standard InChI is InChI=1S/C10H6BrClN4O/c11-8-2-1-6(12)5-7(8)9(17)15-10-13-3-4-14-16-10/h1-5H,(H,13,15,16,17). The van der Waals surface area contributed by atoms with Crippen LogP contribution in [0.25, 0.3) is 0 Å². The predicted molar refractivity (Wildman–Crippen MR) is 66.9 cm³/mol. The molecule has 2 rings (SSSR count). The van der Waals surface area contributed by atoms with E-state index in [1.54, 1.807) is 18.2 Å². The Morgan fingerprint density at radius 3 is 2.88 bits per heavy atom. The molecule has 0 aliphatic rings. The number of hydrogen-bond acceptors (Lipinski definition) is 4. The summed E-state index contributed by atoms with van der Waals surface area (Å²) in [7, 11) is 0. The van der Waals surface area contributed by atoms with Gasteiger partial charge in [-0.1, -0.05) is 11.6 Å². The fourth-order valence-corrected chi connectivity index (χ4v) is 1.74. The summed E-state index contributed by atoms with van der Waals surface area (Å²) in [4.78, 5) is 15.7. The summed E-state index contributed by atoms with van der Waals surface area (Å²) in [6.45, 7) is 0. The van der Waals surface area contributed by atoms with Gasteiger partial charge < -0.3 is 0 Å². The molecule has 1 N–H and O–H groups in total. The Bertz CT molecular complexity index is 549. The third kappa shape index (κ3) is 2.98. The molecule has 5 nitrogen and oxygen atoms in total. The van der Waals surface area contributed by atoms with Gasteiger partial charge in [0.25, 0.3) is 5.91 Å². The van der Waals surface area contributed by atoms with Crippen LogP contribution in [-0.2, 0) is 0 Å². The molecule has 1 amide bonds. The van der Waals surface area contributed by atoms with Crippen molar-refractivity contribution >= 4 is 39.4 Å². The van der Waals surface area contributed by atoms with Crippen LogP contribution in [-0.4, -0.2) is 21.1 Å². The molecule has 86 valence electrons. The number of hydrogen-bond donors (Lipinski definition) is 1. The van der Waals surface area contributed by atoms with Crippen molar-refractivity contribution in [2.75, 3.05) is 5.32 Å². The fraction of sp³-hybridized carbons (Fsp3) is 0. The molecule has 0 fully saturated rings. The highest BCUT2D eigenvalue weighted by atomic mass is 79.9. The van der Waals surface area contributed by atoms with E-state index in [-0.39, 0.29) is 11.9 Å². The average Bonchev–Trinajstić information content (AvgIpc) is 2.33. The molecule has 0 unspecified atom stereocenters. The van der Waals surface area contributed by atoms with E-state index in [0.717, 1.165) is 0 Å². The van der Waals surface area contributed by atoms with Gasteiger partial charge in [0.05, 0.1) is 18.0 Å². The molecular weight excluding hydrogens is 307 g/mol. The molecule has 0 bridgehead atoms. The number of halogens is 2. The highest BCUT2D eigenvalue weighted by Gasteiger charge is 2.11. The number of nitrogens with zero attached hydrogens (tertiary/aromatic N) is 3. The quantitative estimate of drug-likeness (QED) is 0.925. The van der Waals surface area contributed by atoms with Gasteiger partial charge in [-0.05, 0) is 34.1 Å². The smallest absolute Gasteiger partial charge is 0.259 e. The van der Waals surface area contributed by atoms with Crippen molar-refractivity contribution in [3.05, 3.63) is 45.7 Å². The lowest BCUT2D eigenvalue weighted by Crippen LogP contribution is -2.15. The zero-order valence-corrected chi connectivity index (χ0v) is 10.7. The van der Waals surface area contributed by atoms with E-state index >= 15 is 0 Å². The minimum atomic E-state index is -0.354. The number of rotatable bonds is 2. The van der Waals surface area contributed by atoms with Gasteiger partial charge in [-0.2, -0.15) is 5.10 Å². The Hall–Kier alpha value is -1.53. The van der Waals surface area contributed by atoms with E-state index in [0.29, 0.717) is 15.1 Å². The van der Waals surface area contributed by atoms with Gasteiger partial charge in [0, 0.05) is 9.50 Å². The molecule has 1 aromatic carbocycles. The number of aromatic nitrogens is 3. The Balaban J connectivity index is 2.23. The van der Waals surface area contributed by atoms with Crippen molar-refractivity contribution in [2.24, 2.45) is 0 Å². The summed E-state index contributed by atoms with van der Waals surface area (Å²) in [5, 5.41) is 10.3. The second-order valence-electron chi connectivity index (χ2n) is 3.04. The lowest BCUT2D eigenvalue weighted by molar-refractivity contribution is 0.102. The first-order valence-corrected chi connectivity index (χ1v) is 5.74. The second-order valence-corrected chi connectivity index (χ2v) is 4.34. The first-order chi connectivity index (χ1) is 8.16. The van der Waals surface area contributed by atoms with Crippen LogP contribution >= 0.6 is 27.5 Å². The Kier molecular flexibility index (Phi) is 3.65. The molecule has 0 aliphatic heterocycles.